The zero-order valence-electron chi connectivity index (χ0n) is 20.5. The number of aromatic nitrogens is 2. The minimum absolute atomic E-state index is 0.00925. The van der Waals surface area contributed by atoms with Gasteiger partial charge in [0.2, 0.25) is 5.91 Å². The van der Waals surface area contributed by atoms with Crippen molar-refractivity contribution in [2.75, 3.05) is 17.3 Å². The van der Waals surface area contributed by atoms with Crippen LogP contribution < -0.4 is 5.56 Å². The molecule has 1 aromatic heterocycles. The van der Waals surface area contributed by atoms with E-state index in [4.69, 9.17) is 4.98 Å². The summed E-state index contributed by atoms with van der Waals surface area (Å²) in [5, 5.41) is 0.951. The average molecular weight is 514 g/mol. The number of carbonyl (C=O) groups is 1. The Balaban J connectivity index is 1.70. The molecule has 0 saturated carbocycles. The number of thioether (sulfide) groups is 1. The van der Waals surface area contributed by atoms with Crippen LogP contribution in [-0.4, -0.2) is 58.1 Å². The van der Waals surface area contributed by atoms with E-state index in [9.17, 15) is 18.0 Å². The van der Waals surface area contributed by atoms with Crippen LogP contribution in [0.25, 0.3) is 16.6 Å². The number of hydrogen-bond donors (Lipinski definition) is 0. The van der Waals surface area contributed by atoms with Gasteiger partial charge in [0.15, 0.2) is 15.0 Å². The topological polar surface area (TPSA) is 89.3 Å². The van der Waals surface area contributed by atoms with E-state index < -0.39 is 9.84 Å². The molecule has 3 aromatic rings. The van der Waals surface area contributed by atoms with Crippen LogP contribution in [-0.2, 0) is 14.6 Å². The Morgan fingerprint density at radius 3 is 2.60 bits per heavy atom. The monoisotopic (exact) mass is 513 g/mol. The first-order valence-electron chi connectivity index (χ1n) is 11.8. The number of hydrogen-bond acceptors (Lipinski definition) is 6. The van der Waals surface area contributed by atoms with Crippen molar-refractivity contribution in [3.63, 3.8) is 0 Å². The Kier molecular flexibility index (Phi) is 7.38. The van der Waals surface area contributed by atoms with Crippen LogP contribution in [0.3, 0.4) is 0 Å². The maximum absolute atomic E-state index is 13.5. The Bertz CT molecular complexity index is 1430. The highest BCUT2D eigenvalue weighted by Crippen LogP contribution is 2.26. The van der Waals surface area contributed by atoms with E-state index in [1.165, 1.54) is 11.8 Å². The first-order valence-corrected chi connectivity index (χ1v) is 14.7. The first-order chi connectivity index (χ1) is 16.6. The second-order valence-electron chi connectivity index (χ2n) is 9.22. The van der Waals surface area contributed by atoms with Crippen molar-refractivity contribution in [3.8, 4) is 5.69 Å². The van der Waals surface area contributed by atoms with Gasteiger partial charge in [-0.05, 0) is 69.0 Å². The molecule has 0 spiro atoms. The molecule has 2 atom stereocenters. The van der Waals surface area contributed by atoms with Crippen molar-refractivity contribution in [2.24, 2.45) is 0 Å². The van der Waals surface area contributed by atoms with Crippen molar-refractivity contribution in [3.05, 3.63) is 63.9 Å². The van der Waals surface area contributed by atoms with E-state index in [1.807, 2.05) is 58.0 Å². The Morgan fingerprint density at radius 2 is 1.94 bits per heavy atom. The molecule has 2 aromatic carbocycles. The molecule has 1 fully saturated rings. The van der Waals surface area contributed by atoms with E-state index in [0.717, 1.165) is 17.5 Å². The second-order valence-corrected chi connectivity index (χ2v) is 12.4. The molecule has 9 heteroatoms. The third-order valence-electron chi connectivity index (χ3n) is 6.77. The van der Waals surface area contributed by atoms with E-state index in [2.05, 4.69) is 0 Å². The quantitative estimate of drug-likeness (QED) is 0.352. The molecule has 0 bridgehead atoms. The zero-order chi connectivity index (χ0) is 25.3. The van der Waals surface area contributed by atoms with Gasteiger partial charge in [-0.1, -0.05) is 36.9 Å². The molecular formula is C26H31N3O4S2. The summed E-state index contributed by atoms with van der Waals surface area (Å²) in [6.07, 6.45) is 1.19. The molecule has 4 rings (SSSR count). The molecule has 1 saturated heterocycles. The van der Waals surface area contributed by atoms with Gasteiger partial charge in [-0.3, -0.25) is 14.2 Å². The number of nitrogens with zero attached hydrogens (tertiary/aromatic N) is 3. The fourth-order valence-electron chi connectivity index (χ4n) is 4.50. The summed E-state index contributed by atoms with van der Waals surface area (Å²) in [7, 11) is -3.12. The number of amides is 1. The third-order valence-corrected chi connectivity index (χ3v) is 9.45. The Labute approximate surface area is 210 Å². The minimum Gasteiger partial charge on any atom is -0.335 e. The van der Waals surface area contributed by atoms with Crippen LogP contribution in [0.2, 0.25) is 0 Å². The lowest BCUT2D eigenvalue weighted by Crippen LogP contribution is -2.47. The first kappa shape index (κ1) is 25.4. The van der Waals surface area contributed by atoms with Crippen molar-refractivity contribution in [2.45, 2.75) is 57.8 Å². The van der Waals surface area contributed by atoms with Crippen molar-refractivity contribution < 1.29 is 13.2 Å². The van der Waals surface area contributed by atoms with Gasteiger partial charge in [-0.25, -0.2) is 13.4 Å². The van der Waals surface area contributed by atoms with Crippen molar-refractivity contribution >= 4 is 38.4 Å². The number of rotatable bonds is 7. The van der Waals surface area contributed by atoms with E-state index in [-0.39, 0.29) is 40.8 Å². The maximum atomic E-state index is 13.5. The highest BCUT2D eigenvalue weighted by Gasteiger charge is 2.36. The molecule has 1 amide bonds. The number of carbonyl (C=O) groups excluding carboxylic acids is 1. The average Bonchev–Trinajstić information content (AvgIpc) is 3.18. The summed E-state index contributed by atoms with van der Waals surface area (Å²) < 4.78 is 25.7. The van der Waals surface area contributed by atoms with Gasteiger partial charge in [0.05, 0.1) is 33.8 Å². The van der Waals surface area contributed by atoms with Crippen LogP contribution in [0, 0.1) is 13.8 Å². The van der Waals surface area contributed by atoms with Gasteiger partial charge in [0.25, 0.3) is 5.56 Å². The lowest BCUT2D eigenvalue weighted by atomic mass is 10.1. The molecule has 1 aliphatic rings. The summed E-state index contributed by atoms with van der Waals surface area (Å²) in [6.45, 7) is 7.95. The summed E-state index contributed by atoms with van der Waals surface area (Å²) in [5.41, 5.74) is 3.27. The summed E-state index contributed by atoms with van der Waals surface area (Å²) >= 11 is 1.22. The zero-order valence-corrected chi connectivity index (χ0v) is 22.2. The molecule has 2 heterocycles. The lowest BCUT2D eigenvalue weighted by Gasteiger charge is -2.33. The number of sulfone groups is 1. The molecular weight excluding hydrogens is 482 g/mol. The summed E-state index contributed by atoms with van der Waals surface area (Å²) in [4.78, 5) is 33.4. The van der Waals surface area contributed by atoms with Gasteiger partial charge in [-0.2, -0.15) is 0 Å². The van der Waals surface area contributed by atoms with Crippen LogP contribution in [0.1, 0.15) is 37.8 Å². The second kappa shape index (κ2) is 10.1. The van der Waals surface area contributed by atoms with Gasteiger partial charge < -0.3 is 4.90 Å². The summed E-state index contributed by atoms with van der Waals surface area (Å²) in [6, 6.07) is 12.6. The Hall–Kier alpha value is -2.65. The number of fused-ring (bicyclic) bond motifs is 1. The predicted octanol–water partition coefficient (Wildman–Crippen LogP) is 3.91. The van der Waals surface area contributed by atoms with E-state index in [0.29, 0.717) is 28.2 Å². The standard InChI is InChI=1S/C26H31N3O4S2/c1-5-19(4)28(21-12-13-35(32,33)16-21)24(30)15-34-26-27-23-9-7-6-8-22(23)25(31)29(26)20-11-10-17(2)18(3)14-20/h6-11,14,19,21H,5,12-13,15-16H2,1-4H3. The van der Waals surface area contributed by atoms with E-state index in [1.54, 1.807) is 21.6 Å². The largest absolute Gasteiger partial charge is 0.335 e. The number of aryl methyl sites for hydroxylation is 2. The molecule has 0 radical (unpaired) electrons. The fraction of sp³-hybridized carbons (Fsp3) is 0.423. The van der Waals surface area contributed by atoms with Crippen molar-refractivity contribution in [1.29, 1.82) is 0 Å². The molecule has 2 unspecified atom stereocenters. The van der Waals surface area contributed by atoms with Gasteiger partial charge in [0, 0.05) is 12.1 Å². The highest BCUT2D eigenvalue weighted by atomic mass is 32.2. The van der Waals surface area contributed by atoms with Crippen LogP contribution >= 0.6 is 11.8 Å². The smallest absolute Gasteiger partial charge is 0.266 e. The Morgan fingerprint density at radius 1 is 1.20 bits per heavy atom. The van der Waals surface area contributed by atoms with Crippen LogP contribution in [0.4, 0.5) is 0 Å². The fourth-order valence-corrected chi connectivity index (χ4v) is 7.10. The van der Waals surface area contributed by atoms with E-state index >= 15 is 0 Å². The van der Waals surface area contributed by atoms with Gasteiger partial charge in [0.1, 0.15) is 0 Å². The molecule has 7 nitrogen and oxygen atoms in total. The molecule has 1 aliphatic heterocycles. The number of para-hydroxylation sites is 1. The molecule has 0 N–H and O–H groups in total. The predicted molar refractivity (Wildman–Crippen MR) is 141 cm³/mol. The molecule has 0 aliphatic carbocycles. The molecule has 35 heavy (non-hydrogen) atoms. The van der Waals surface area contributed by atoms with Crippen LogP contribution in [0.15, 0.2) is 52.4 Å². The van der Waals surface area contributed by atoms with Crippen LogP contribution in [0.5, 0.6) is 0 Å². The minimum atomic E-state index is -3.12. The lowest BCUT2D eigenvalue weighted by molar-refractivity contribution is -0.132. The van der Waals surface area contributed by atoms with Gasteiger partial charge in [-0.15, -0.1) is 0 Å². The maximum Gasteiger partial charge on any atom is 0.266 e. The normalized spacial score (nSPS) is 18.0. The SMILES string of the molecule is CCC(C)N(C(=O)CSc1nc2ccccc2c(=O)n1-c1ccc(C)c(C)c1)C1CCS(=O)(=O)C1. The number of benzene rings is 2. The third kappa shape index (κ3) is 5.30. The van der Waals surface area contributed by atoms with Crippen molar-refractivity contribution in [1.82, 2.24) is 14.5 Å². The molecule has 186 valence electrons. The summed E-state index contributed by atoms with van der Waals surface area (Å²) in [5.74, 6) is 0.0515. The highest BCUT2D eigenvalue weighted by molar-refractivity contribution is 7.99. The van der Waals surface area contributed by atoms with Gasteiger partial charge >= 0.3 is 0 Å².